The van der Waals surface area contributed by atoms with Crippen molar-refractivity contribution in [3.8, 4) is 5.75 Å². The van der Waals surface area contributed by atoms with Gasteiger partial charge in [-0.25, -0.2) is 0 Å². The molecule has 0 aliphatic heterocycles. The smallest absolute Gasteiger partial charge is 0.416 e. The van der Waals surface area contributed by atoms with E-state index in [2.05, 4.69) is 0 Å². The molecule has 1 aliphatic carbocycles. The lowest BCUT2D eigenvalue weighted by molar-refractivity contribution is -0.143. The molecule has 0 aromatic heterocycles. The highest BCUT2D eigenvalue weighted by molar-refractivity contribution is 5.70. The van der Waals surface area contributed by atoms with Crippen molar-refractivity contribution >= 4 is 5.97 Å². The van der Waals surface area contributed by atoms with E-state index in [1.807, 2.05) is 0 Å². The fourth-order valence-electron chi connectivity index (χ4n) is 2.37. The van der Waals surface area contributed by atoms with E-state index >= 15 is 0 Å². The summed E-state index contributed by atoms with van der Waals surface area (Å²) >= 11 is 0. The first-order chi connectivity index (χ1) is 9.36. The highest BCUT2D eigenvalue weighted by Crippen LogP contribution is 2.33. The first-order valence-electron chi connectivity index (χ1n) is 6.43. The van der Waals surface area contributed by atoms with E-state index in [1.165, 1.54) is 12.1 Å². The summed E-state index contributed by atoms with van der Waals surface area (Å²) in [7, 11) is 0. The maximum Gasteiger partial charge on any atom is 0.416 e. The Morgan fingerprint density at radius 1 is 1.20 bits per heavy atom. The Kier molecular flexibility index (Phi) is 4.20. The van der Waals surface area contributed by atoms with Crippen LogP contribution in [0.15, 0.2) is 24.3 Å². The number of halogens is 3. The van der Waals surface area contributed by atoms with Crippen molar-refractivity contribution in [2.24, 2.45) is 5.92 Å². The van der Waals surface area contributed by atoms with Crippen molar-refractivity contribution in [1.82, 2.24) is 0 Å². The van der Waals surface area contributed by atoms with E-state index in [0.717, 1.165) is 12.1 Å². The third kappa shape index (κ3) is 3.65. The van der Waals surface area contributed by atoms with Crippen LogP contribution < -0.4 is 4.74 Å². The zero-order valence-corrected chi connectivity index (χ0v) is 10.7. The Labute approximate surface area is 114 Å². The predicted octanol–water partition coefficient (Wildman–Crippen LogP) is 3.73. The molecule has 0 saturated heterocycles. The minimum absolute atomic E-state index is 0.179. The molecule has 3 nitrogen and oxygen atoms in total. The van der Waals surface area contributed by atoms with Gasteiger partial charge < -0.3 is 9.84 Å². The van der Waals surface area contributed by atoms with Gasteiger partial charge in [-0.15, -0.1) is 0 Å². The minimum Gasteiger partial charge on any atom is -0.490 e. The van der Waals surface area contributed by atoms with E-state index in [1.54, 1.807) is 0 Å². The van der Waals surface area contributed by atoms with Crippen molar-refractivity contribution in [3.63, 3.8) is 0 Å². The van der Waals surface area contributed by atoms with E-state index in [-0.39, 0.29) is 17.8 Å². The Bertz CT molecular complexity index is 477. The van der Waals surface area contributed by atoms with Crippen LogP contribution in [0, 0.1) is 5.92 Å². The number of ether oxygens (including phenoxy) is 1. The highest BCUT2D eigenvalue weighted by Gasteiger charge is 2.31. The minimum atomic E-state index is -4.39. The molecule has 110 valence electrons. The molecule has 1 aliphatic rings. The van der Waals surface area contributed by atoms with Crippen LogP contribution in [0.3, 0.4) is 0 Å². The molecule has 0 heterocycles. The molecule has 1 fully saturated rings. The molecule has 2 rings (SSSR count). The van der Waals surface area contributed by atoms with E-state index in [0.29, 0.717) is 25.7 Å². The van der Waals surface area contributed by atoms with Crippen molar-refractivity contribution in [3.05, 3.63) is 29.8 Å². The molecule has 0 spiro atoms. The second-order valence-electron chi connectivity index (χ2n) is 4.96. The summed E-state index contributed by atoms with van der Waals surface area (Å²) in [5.41, 5.74) is -0.741. The van der Waals surface area contributed by atoms with Gasteiger partial charge in [0, 0.05) is 0 Å². The second-order valence-corrected chi connectivity index (χ2v) is 4.96. The van der Waals surface area contributed by atoms with E-state index < -0.39 is 17.7 Å². The molecule has 1 aromatic carbocycles. The molecular formula is C14H15F3O3. The number of aliphatic carboxylic acids is 1. The number of hydrogen-bond acceptors (Lipinski definition) is 2. The third-order valence-electron chi connectivity index (χ3n) is 3.49. The van der Waals surface area contributed by atoms with Gasteiger partial charge in [0.15, 0.2) is 0 Å². The molecule has 6 heteroatoms. The summed E-state index contributed by atoms with van der Waals surface area (Å²) in [5.74, 6) is -1.00. The first kappa shape index (κ1) is 14.7. The van der Waals surface area contributed by atoms with Gasteiger partial charge in [-0.05, 0) is 43.9 Å². The summed E-state index contributed by atoms with van der Waals surface area (Å²) < 4.78 is 43.2. The number of benzene rings is 1. The van der Waals surface area contributed by atoms with Crippen LogP contribution in [0.25, 0.3) is 0 Å². The number of rotatable bonds is 3. The molecular weight excluding hydrogens is 273 g/mol. The van der Waals surface area contributed by atoms with Gasteiger partial charge >= 0.3 is 12.1 Å². The average molecular weight is 288 g/mol. The lowest BCUT2D eigenvalue weighted by atomic mass is 9.87. The number of carboxylic acids is 1. The van der Waals surface area contributed by atoms with Crippen molar-refractivity contribution in [2.45, 2.75) is 38.0 Å². The monoisotopic (exact) mass is 288 g/mol. The summed E-state index contributed by atoms with van der Waals surface area (Å²) in [4.78, 5) is 10.8. The summed E-state index contributed by atoms with van der Waals surface area (Å²) in [6.45, 7) is 0. The summed E-state index contributed by atoms with van der Waals surface area (Å²) in [5, 5.41) is 8.87. The van der Waals surface area contributed by atoms with Crippen LogP contribution in [0.1, 0.15) is 31.2 Å². The fourth-order valence-corrected chi connectivity index (χ4v) is 2.37. The standard InChI is InChI=1S/C14H15F3O3/c15-14(16,17)10-2-1-3-12(8-10)20-11-6-4-9(5-7-11)13(18)19/h1-3,8-9,11H,4-7H2,(H,18,19). The SMILES string of the molecule is O=C(O)C1CCC(Oc2cccc(C(F)(F)F)c2)CC1. The molecule has 1 aromatic rings. The topological polar surface area (TPSA) is 46.5 Å². The van der Waals surface area contributed by atoms with Crippen molar-refractivity contribution < 1.29 is 27.8 Å². The van der Waals surface area contributed by atoms with Gasteiger partial charge in [-0.3, -0.25) is 4.79 Å². The number of alkyl halides is 3. The first-order valence-corrected chi connectivity index (χ1v) is 6.43. The molecule has 0 unspecified atom stereocenters. The lowest BCUT2D eigenvalue weighted by Gasteiger charge is -2.27. The fraction of sp³-hybridized carbons (Fsp3) is 0.500. The predicted molar refractivity (Wildman–Crippen MR) is 65.5 cm³/mol. The molecule has 0 radical (unpaired) electrons. The second kappa shape index (κ2) is 5.73. The van der Waals surface area contributed by atoms with Gasteiger partial charge in [-0.2, -0.15) is 13.2 Å². The van der Waals surface area contributed by atoms with Crippen LogP contribution >= 0.6 is 0 Å². The van der Waals surface area contributed by atoms with Gasteiger partial charge in [0.05, 0.1) is 17.6 Å². The molecule has 0 atom stereocenters. The van der Waals surface area contributed by atoms with Gasteiger partial charge in [0.2, 0.25) is 0 Å². The number of carbonyl (C=O) groups is 1. The zero-order chi connectivity index (χ0) is 14.8. The molecule has 20 heavy (non-hydrogen) atoms. The van der Waals surface area contributed by atoms with Gasteiger partial charge in [0.25, 0.3) is 0 Å². The molecule has 1 N–H and O–H groups in total. The Morgan fingerprint density at radius 2 is 1.85 bits per heavy atom. The van der Waals surface area contributed by atoms with Crippen LogP contribution in [-0.4, -0.2) is 17.2 Å². The average Bonchev–Trinajstić information content (AvgIpc) is 2.38. The summed E-state index contributed by atoms with van der Waals surface area (Å²) in [6.07, 6.45) is -2.51. The Morgan fingerprint density at radius 3 is 2.40 bits per heavy atom. The van der Waals surface area contributed by atoms with Crippen molar-refractivity contribution in [1.29, 1.82) is 0 Å². The normalized spacial score (nSPS) is 23.4. The Balaban J connectivity index is 1.96. The zero-order valence-electron chi connectivity index (χ0n) is 10.7. The van der Waals surface area contributed by atoms with E-state index in [9.17, 15) is 18.0 Å². The molecule has 0 amide bonds. The van der Waals surface area contributed by atoms with Crippen LogP contribution in [0.4, 0.5) is 13.2 Å². The third-order valence-corrected chi connectivity index (χ3v) is 3.49. The van der Waals surface area contributed by atoms with Gasteiger partial charge in [-0.1, -0.05) is 6.07 Å². The van der Waals surface area contributed by atoms with Crippen LogP contribution in [0.5, 0.6) is 5.75 Å². The maximum atomic E-state index is 12.6. The van der Waals surface area contributed by atoms with Crippen LogP contribution in [-0.2, 0) is 11.0 Å². The van der Waals surface area contributed by atoms with E-state index in [4.69, 9.17) is 9.84 Å². The highest BCUT2D eigenvalue weighted by atomic mass is 19.4. The molecule has 0 bridgehead atoms. The van der Waals surface area contributed by atoms with Gasteiger partial charge in [0.1, 0.15) is 5.75 Å². The maximum absolute atomic E-state index is 12.6. The quantitative estimate of drug-likeness (QED) is 0.922. The number of hydrogen-bond donors (Lipinski definition) is 1. The largest absolute Gasteiger partial charge is 0.490 e. The van der Waals surface area contributed by atoms with Crippen molar-refractivity contribution in [2.75, 3.05) is 0 Å². The number of carboxylic acid groups (broad SMARTS) is 1. The Hall–Kier alpha value is -1.72. The molecule has 1 saturated carbocycles. The van der Waals surface area contributed by atoms with Crippen LogP contribution in [0.2, 0.25) is 0 Å². The summed E-state index contributed by atoms with van der Waals surface area (Å²) in [6, 6.07) is 4.76. The lowest BCUT2D eigenvalue weighted by Crippen LogP contribution is -2.27.